The molecule has 3 nitrogen and oxygen atoms in total. The Morgan fingerprint density at radius 3 is 2.74 bits per heavy atom. The van der Waals surface area contributed by atoms with Gasteiger partial charge in [-0.15, -0.1) is 0 Å². The molecule has 5 heteroatoms. The van der Waals surface area contributed by atoms with Gasteiger partial charge in [0.15, 0.2) is 0 Å². The topological polar surface area (TPSA) is 34.2 Å². The molecule has 0 aliphatic heterocycles. The number of nitrogens with zero attached hydrogens (tertiary/aromatic N) is 1. The van der Waals surface area contributed by atoms with Crippen LogP contribution in [0.3, 0.4) is 0 Å². The first-order chi connectivity index (χ1) is 9.10. The first kappa shape index (κ1) is 14.5. The smallest absolute Gasteiger partial charge is 0.223 e. The lowest BCUT2D eigenvalue weighted by Gasteiger charge is -2.11. The summed E-state index contributed by atoms with van der Waals surface area (Å²) in [6.45, 7) is 2.73. The van der Waals surface area contributed by atoms with Crippen molar-refractivity contribution in [2.75, 3.05) is 7.05 Å². The van der Waals surface area contributed by atoms with Gasteiger partial charge in [-0.05, 0) is 59.7 Å². The highest BCUT2D eigenvalue weighted by molar-refractivity contribution is 9.10. The summed E-state index contributed by atoms with van der Waals surface area (Å²) >= 11 is 6.90. The van der Waals surface area contributed by atoms with E-state index in [4.69, 9.17) is 4.74 Å². The fraction of sp³-hybridized carbons (Fsp3) is 0.214. The van der Waals surface area contributed by atoms with Crippen LogP contribution in [0, 0.1) is 6.92 Å². The summed E-state index contributed by atoms with van der Waals surface area (Å²) in [7, 11) is 1.90. The number of rotatable bonds is 4. The summed E-state index contributed by atoms with van der Waals surface area (Å²) in [4.78, 5) is 4.32. The van der Waals surface area contributed by atoms with Gasteiger partial charge in [0, 0.05) is 27.3 Å². The zero-order valence-corrected chi connectivity index (χ0v) is 13.9. The Morgan fingerprint density at radius 1 is 1.26 bits per heavy atom. The summed E-state index contributed by atoms with van der Waals surface area (Å²) in [6.07, 6.45) is 1.74. The van der Waals surface area contributed by atoms with Gasteiger partial charge in [-0.25, -0.2) is 4.98 Å². The van der Waals surface area contributed by atoms with Crippen molar-refractivity contribution < 1.29 is 4.74 Å². The zero-order chi connectivity index (χ0) is 13.8. The Hall–Kier alpha value is -0.910. The van der Waals surface area contributed by atoms with E-state index in [1.807, 2.05) is 38.2 Å². The first-order valence-corrected chi connectivity index (χ1v) is 7.42. The van der Waals surface area contributed by atoms with Crippen LogP contribution in [-0.2, 0) is 6.54 Å². The summed E-state index contributed by atoms with van der Waals surface area (Å²) in [5.41, 5.74) is 2.14. The van der Waals surface area contributed by atoms with E-state index in [9.17, 15) is 0 Å². The van der Waals surface area contributed by atoms with E-state index in [0.717, 1.165) is 25.8 Å². The SMILES string of the molecule is CNCc1cc(Br)cnc1Oc1ccc(Br)c(C)c1. The quantitative estimate of drug-likeness (QED) is 0.845. The average Bonchev–Trinajstić information content (AvgIpc) is 2.37. The highest BCUT2D eigenvalue weighted by Crippen LogP contribution is 2.28. The van der Waals surface area contributed by atoms with Gasteiger partial charge >= 0.3 is 0 Å². The van der Waals surface area contributed by atoms with Gasteiger partial charge < -0.3 is 10.1 Å². The number of pyridine rings is 1. The fourth-order valence-electron chi connectivity index (χ4n) is 1.67. The second-order valence-electron chi connectivity index (χ2n) is 4.16. The number of halogens is 2. The minimum Gasteiger partial charge on any atom is -0.439 e. The molecule has 0 atom stereocenters. The second-order valence-corrected chi connectivity index (χ2v) is 5.93. The van der Waals surface area contributed by atoms with Crippen LogP contribution >= 0.6 is 31.9 Å². The number of hydrogen-bond acceptors (Lipinski definition) is 3. The van der Waals surface area contributed by atoms with Crippen LogP contribution in [0.25, 0.3) is 0 Å². The van der Waals surface area contributed by atoms with Gasteiger partial charge in [0.25, 0.3) is 0 Å². The van der Waals surface area contributed by atoms with Crippen LogP contribution < -0.4 is 10.1 Å². The molecule has 0 bridgehead atoms. The molecule has 100 valence electrons. The molecule has 0 saturated heterocycles. The Kier molecular flexibility index (Phi) is 4.96. The number of nitrogens with one attached hydrogen (secondary N) is 1. The van der Waals surface area contributed by atoms with E-state index in [0.29, 0.717) is 12.4 Å². The molecule has 0 spiro atoms. The van der Waals surface area contributed by atoms with Crippen LogP contribution in [0.2, 0.25) is 0 Å². The first-order valence-electron chi connectivity index (χ1n) is 5.83. The maximum Gasteiger partial charge on any atom is 0.223 e. The van der Waals surface area contributed by atoms with Crippen molar-refractivity contribution in [3.63, 3.8) is 0 Å². The molecule has 0 aliphatic rings. The molecule has 0 saturated carbocycles. The van der Waals surface area contributed by atoms with Crippen molar-refractivity contribution >= 4 is 31.9 Å². The lowest BCUT2D eigenvalue weighted by Crippen LogP contribution is -2.07. The predicted molar refractivity (Wildman–Crippen MR) is 83.7 cm³/mol. The van der Waals surface area contributed by atoms with Crippen LogP contribution in [0.1, 0.15) is 11.1 Å². The highest BCUT2D eigenvalue weighted by atomic mass is 79.9. The standard InChI is InChI=1S/C14H14Br2N2O/c1-9-5-12(3-4-13(9)16)19-14-10(7-17-2)6-11(15)8-18-14/h3-6,8,17H,7H2,1-2H3. The molecular weight excluding hydrogens is 372 g/mol. The molecule has 0 fully saturated rings. The Balaban J connectivity index is 2.29. The van der Waals surface area contributed by atoms with Crippen molar-refractivity contribution in [1.82, 2.24) is 10.3 Å². The highest BCUT2D eigenvalue weighted by Gasteiger charge is 2.08. The molecule has 2 rings (SSSR count). The summed E-state index contributed by atoms with van der Waals surface area (Å²) in [6, 6.07) is 7.88. The molecular formula is C14H14Br2N2O. The number of aryl methyl sites for hydroxylation is 1. The van der Waals surface area contributed by atoms with Crippen molar-refractivity contribution in [3.05, 3.63) is 50.5 Å². The normalized spacial score (nSPS) is 10.5. The Morgan fingerprint density at radius 2 is 2.05 bits per heavy atom. The number of ether oxygens (including phenoxy) is 1. The average molecular weight is 386 g/mol. The molecule has 1 aromatic carbocycles. The maximum atomic E-state index is 5.86. The van der Waals surface area contributed by atoms with E-state index in [2.05, 4.69) is 42.2 Å². The van der Waals surface area contributed by atoms with Crippen LogP contribution in [0.4, 0.5) is 0 Å². The molecule has 1 heterocycles. The number of benzene rings is 1. The van der Waals surface area contributed by atoms with E-state index >= 15 is 0 Å². The second kappa shape index (κ2) is 6.50. The van der Waals surface area contributed by atoms with Crippen molar-refractivity contribution in [2.24, 2.45) is 0 Å². The molecule has 2 aromatic rings. The lowest BCUT2D eigenvalue weighted by molar-refractivity contribution is 0.453. The molecule has 1 N–H and O–H groups in total. The van der Waals surface area contributed by atoms with Crippen LogP contribution in [-0.4, -0.2) is 12.0 Å². The lowest BCUT2D eigenvalue weighted by atomic mass is 10.2. The van der Waals surface area contributed by atoms with Crippen LogP contribution in [0.15, 0.2) is 39.4 Å². The third-order valence-electron chi connectivity index (χ3n) is 2.60. The third kappa shape index (κ3) is 3.78. The fourth-order valence-corrected chi connectivity index (χ4v) is 2.30. The van der Waals surface area contributed by atoms with Crippen LogP contribution in [0.5, 0.6) is 11.6 Å². The minimum atomic E-state index is 0.624. The van der Waals surface area contributed by atoms with Gasteiger partial charge in [0.2, 0.25) is 5.88 Å². The molecule has 0 radical (unpaired) electrons. The summed E-state index contributed by atoms with van der Waals surface area (Å²) in [5.74, 6) is 1.41. The van der Waals surface area contributed by atoms with E-state index in [-0.39, 0.29) is 0 Å². The molecule has 0 amide bonds. The Labute approximate surface area is 129 Å². The van der Waals surface area contributed by atoms with Gasteiger partial charge in [-0.2, -0.15) is 0 Å². The monoisotopic (exact) mass is 384 g/mol. The van der Waals surface area contributed by atoms with E-state index in [1.165, 1.54) is 0 Å². The van der Waals surface area contributed by atoms with Crippen molar-refractivity contribution in [1.29, 1.82) is 0 Å². The molecule has 0 unspecified atom stereocenters. The maximum absolute atomic E-state index is 5.86. The van der Waals surface area contributed by atoms with Gasteiger partial charge in [-0.3, -0.25) is 0 Å². The third-order valence-corrected chi connectivity index (χ3v) is 3.93. The Bertz CT molecular complexity index is 588. The van der Waals surface area contributed by atoms with Crippen molar-refractivity contribution in [3.8, 4) is 11.6 Å². The van der Waals surface area contributed by atoms with E-state index in [1.54, 1.807) is 6.20 Å². The molecule has 0 aliphatic carbocycles. The minimum absolute atomic E-state index is 0.624. The van der Waals surface area contributed by atoms with Gasteiger partial charge in [-0.1, -0.05) is 15.9 Å². The number of hydrogen-bond donors (Lipinski definition) is 1. The number of aromatic nitrogens is 1. The molecule has 19 heavy (non-hydrogen) atoms. The van der Waals surface area contributed by atoms with Gasteiger partial charge in [0.1, 0.15) is 5.75 Å². The van der Waals surface area contributed by atoms with Gasteiger partial charge in [0.05, 0.1) is 0 Å². The summed E-state index contributed by atoms with van der Waals surface area (Å²) in [5, 5.41) is 3.11. The van der Waals surface area contributed by atoms with E-state index < -0.39 is 0 Å². The zero-order valence-electron chi connectivity index (χ0n) is 10.7. The summed E-state index contributed by atoms with van der Waals surface area (Å²) < 4.78 is 7.87. The molecule has 1 aromatic heterocycles. The largest absolute Gasteiger partial charge is 0.439 e. The predicted octanol–water partition coefficient (Wildman–Crippen LogP) is 4.43. The van der Waals surface area contributed by atoms with Crippen molar-refractivity contribution in [2.45, 2.75) is 13.5 Å².